The Morgan fingerprint density at radius 3 is 2.31 bits per heavy atom. The van der Waals surface area contributed by atoms with E-state index in [0.29, 0.717) is 17.5 Å². The topological polar surface area (TPSA) is 112 Å². The molecule has 8 nitrogen and oxygen atoms in total. The molecule has 2 aromatic carbocycles. The van der Waals surface area contributed by atoms with Crippen molar-refractivity contribution in [2.24, 2.45) is 5.92 Å². The molecule has 0 radical (unpaired) electrons. The van der Waals surface area contributed by atoms with Crippen molar-refractivity contribution in [2.45, 2.75) is 46.8 Å². The summed E-state index contributed by atoms with van der Waals surface area (Å²) < 4.78 is 21.9. The third kappa shape index (κ3) is 5.70. The largest absolute Gasteiger partial charge is 0.504 e. The highest BCUT2D eigenvalue weighted by Crippen LogP contribution is 2.43. The maximum Gasteiger partial charge on any atom is 0.345 e. The van der Waals surface area contributed by atoms with Gasteiger partial charge in [0.1, 0.15) is 23.2 Å². The number of aliphatic hydroxyl groups excluding tert-OH is 1. The normalized spacial score (nSPS) is 11.8. The van der Waals surface area contributed by atoms with Gasteiger partial charge in [0, 0.05) is 18.1 Å². The molecule has 0 aliphatic rings. The van der Waals surface area contributed by atoms with Gasteiger partial charge >= 0.3 is 11.9 Å². The number of ether oxygens (including phenoxy) is 4. The summed E-state index contributed by atoms with van der Waals surface area (Å²) in [6.07, 6.45) is -0.148. The van der Waals surface area contributed by atoms with Crippen LogP contribution in [-0.2, 0) is 20.9 Å². The Morgan fingerprint density at radius 2 is 1.78 bits per heavy atom. The molecule has 2 rings (SSSR count). The quantitative estimate of drug-likeness (QED) is 0.544. The molecule has 0 heterocycles. The van der Waals surface area contributed by atoms with Crippen LogP contribution in [0.1, 0.15) is 60.3 Å². The van der Waals surface area contributed by atoms with Crippen molar-refractivity contribution >= 4 is 11.9 Å². The molecule has 0 aliphatic heterocycles. The molecule has 1 atom stereocenters. The Bertz CT molecular complexity index is 980. The third-order valence-corrected chi connectivity index (χ3v) is 4.76. The van der Waals surface area contributed by atoms with Crippen LogP contribution >= 0.6 is 0 Å². The summed E-state index contributed by atoms with van der Waals surface area (Å²) in [4.78, 5) is 24.4. The lowest BCUT2D eigenvalue weighted by Crippen LogP contribution is -2.15. The van der Waals surface area contributed by atoms with E-state index in [2.05, 4.69) is 0 Å². The first-order valence-corrected chi connectivity index (χ1v) is 10.2. The monoisotopic (exact) mass is 446 g/mol. The number of methoxy groups -OCH3 is 2. The molecule has 2 aromatic rings. The molecule has 0 spiro atoms. The second-order valence-electron chi connectivity index (χ2n) is 7.81. The molecule has 0 saturated carbocycles. The molecule has 8 heteroatoms. The number of hydrogen-bond acceptors (Lipinski definition) is 8. The van der Waals surface area contributed by atoms with Gasteiger partial charge < -0.3 is 29.2 Å². The first-order valence-electron chi connectivity index (χ1n) is 10.2. The molecule has 0 fully saturated rings. The standard InChI is InChI=1S/C24H30O8/c1-13(2)9-20(31-15(4)26)17-7-8-19(21(23(17)29-5)24(28)30-6)32-22-16(12-25)10-14(3)11-18(22)27/h7-8,10-11,13,20,25,27H,9,12H2,1-6H3/t20-/m0/s1. The number of rotatable bonds is 9. The minimum atomic E-state index is -0.734. The maximum atomic E-state index is 12.7. The first kappa shape index (κ1) is 25.0. The van der Waals surface area contributed by atoms with Crippen LogP contribution in [0, 0.1) is 12.8 Å². The highest BCUT2D eigenvalue weighted by atomic mass is 16.5. The predicted octanol–water partition coefficient (Wildman–Crippen LogP) is 4.43. The fourth-order valence-electron chi connectivity index (χ4n) is 3.47. The third-order valence-electron chi connectivity index (χ3n) is 4.76. The average Bonchev–Trinajstić information content (AvgIpc) is 2.72. The Balaban J connectivity index is 2.69. The molecule has 0 aromatic heterocycles. The Hall–Kier alpha value is -3.26. The van der Waals surface area contributed by atoms with E-state index >= 15 is 0 Å². The molecule has 0 saturated heterocycles. The molecule has 0 aliphatic carbocycles. The summed E-state index contributed by atoms with van der Waals surface area (Å²) in [6, 6.07) is 6.30. The maximum absolute atomic E-state index is 12.7. The van der Waals surface area contributed by atoms with Crippen molar-refractivity contribution in [1.29, 1.82) is 0 Å². The number of carbonyl (C=O) groups is 2. The van der Waals surface area contributed by atoms with E-state index in [4.69, 9.17) is 18.9 Å². The summed E-state index contributed by atoms with van der Waals surface area (Å²) in [5, 5.41) is 20.1. The fourth-order valence-corrected chi connectivity index (χ4v) is 3.47. The van der Waals surface area contributed by atoms with Crippen molar-refractivity contribution in [3.05, 3.63) is 46.5 Å². The minimum Gasteiger partial charge on any atom is -0.504 e. The predicted molar refractivity (Wildman–Crippen MR) is 117 cm³/mol. The van der Waals surface area contributed by atoms with Gasteiger partial charge in [-0.2, -0.15) is 0 Å². The summed E-state index contributed by atoms with van der Waals surface area (Å²) >= 11 is 0. The van der Waals surface area contributed by atoms with E-state index in [1.54, 1.807) is 19.1 Å². The zero-order valence-corrected chi connectivity index (χ0v) is 19.2. The van der Waals surface area contributed by atoms with Gasteiger partial charge in [-0.15, -0.1) is 0 Å². The fraction of sp³-hybridized carbons (Fsp3) is 0.417. The lowest BCUT2D eigenvalue weighted by molar-refractivity contribution is -0.147. The van der Waals surface area contributed by atoms with E-state index in [1.165, 1.54) is 33.3 Å². The van der Waals surface area contributed by atoms with Crippen LogP contribution in [-0.4, -0.2) is 36.4 Å². The summed E-state index contributed by atoms with van der Waals surface area (Å²) in [6.45, 7) is 6.67. The van der Waals surface area contributed by atoms with Gasteiger partial charge in [-0.1, -0.05) is 13.8 Å². The highest BCUT2D eigenvalue weighted by molar-refractivity contribution is 5.96. The van der Waals surface area contributed by atoms with E-state index in [0.717, 1.165) is 5.56 Å². The van der Waals surface area contributed by atoms with Crippen molar-refractivity contribution in [3.63, 3.8) is 0 Å². The van der Waals surface area contributed by atoms with Crippen LogP contribution in [0.3, 0.4) is 0 Å². The van der Waals surface area contributed by atoms with Crippen LogP contribution in [0.25, 0.3) is 0 Å². The van der Waals surface area contributed by atoms with Crippen molar-refractivity contribution < 1.29 is 38.7 Å². The summed E-state index contributed by atoms with van der Waals surface area (Å²) in [7, 11) is 2.61. The van der Waals surface area contributed by atoms with E-state index in [9.17, 15) is 19.8 Å². The molecule has 174 valence electrons. The van der Waals surface area contributed by atoms with Crippen molar-refractivity contribution in [1.82, 2.24) is 0 Å². The van der Waals surface area contributed by atoms with Crippen molar-refractivity contribution in [2.75, 3.05) is 14.2 Å². The van der Waals surface area contributed by atoms with Crippen LogP contribution in [0.15, 0.2) is 24.3 Å². The van der Waals surface area contributed by atoms with Crippen LogP contribution in [0.4, 0.5) is 0 Å². The van der Waals surface area contributed by atoms with Crippen LogP contribution < -0.4 is 9.47 Å². The Labute approximate surface area is 187 Å². The van der Waals surface area contributed by atoms with Gasteiger partial charge in [-0.3, -0.25) is 4.79 Å². The van der Waals surface area contributed by atoms with E-state index in [-0.39, 0.29) is 41.1 Å². The molecular formula is C24H30O8. The number of benzene rings is 2. The smallest absolute Gasteiger partial charge is 0.345 e. The zero-order chi connectivity index (χ0) is 24.0. The minimum absolute atomic E-state index is 0.0109. The molecular weight excluding hydrogens is 416 g/mol. The van der Waals surface area contributed by atoms with Gasteiger partial charge in [-0.25, -0.2) is 4.79 Å². The van der Waals surface area contributed by atoms with Crippen molar-refractivity contribution in [3.8, 4) is 23.0 Å². The number of aliphatic hydroxyl groups is 1. The molecule has 0 bridgehead atoms. The number of phenolic OH excluding ortho intramolecular Hbond substituents is 1. The zero-order valence-electron chi connectivity index (χ0n) is 19.2. The molecule has 32 heavy (non-hydrogen) atoms. The van der Waals surface area contributed by atoms with Gasteiger partial charge in [0.25, 0.3) is 0 Å². The number of phenols is 1. The number of carbonyl (C=O) groups excluding carboxylic acids is 2. The Kier molecular flexibility index (Phi) is 8.48. The van der Waals surface area contributed by atoms with Gasteiger partial charge in [0.15, 0.2) is 11.5 Å². The molecule has 0 amide bonds. The average molecular weight is 446 g/mol. The van der Waals surface area contributed by atoms with Crippen LogP contribution in [0.2, 0.25) is 0 Å². The first-order chi connectivity index (χ1) is 15.1. The molecule has 0 unspecified atom stereocenters. The Morgan fingerprint density at radius 1 is 1.09 bits per heavy atom. The summed E-state index contributed by atoms with van der Waals surface area (Å²) in [5.41, 5.74) is 1.54. The number of aromatic hydroxyl groups is 1. The van der Waals surface area contributed by atoms with Crippen LogP contribution in [0.5, 0.6) is 23.0 Å². The van der Waals surface area contributed by atoms with E-state index < -0.39 is 18.0 Å². The SMILES string of the molecule is COC(=O)c1c(Oc2c(O)cc(C)cc2CO)ccc([C@H](CC(C)C)OC(C)=O)c1OC. The number of hydrogen-bond donors (Lipinski definition) is 2. The number of esters is 2. The van der Waals surface area contributed by atoms with E-state index in [1.807, 2.05) is 13.8 Å². The van der Waals surface area contributed by atoms with Gasteiger partial charge in [0.05, 0.1) is 20.8 Å². The lowest BCUT2D eigenvalue weighted by Gasteiger charge is -2.24. The lowest BCUT2D eigenvalue weighted by atomic mass is 9.96. The summed E-state index contributed by atoms with van der Waals surface area (Å²) in [5.74, 6) is -0.993. The van der Waals surface area contributed by atoms with Gasteiger partial charge in [-0.05, 0) is 49.1 Å². The molecule has 2 N–H and O–H groups in total. The number of aryl methyl sites for hydroxylation is 1. The second kappa shape index (κ2) is 10.9. The second-order valence-corrected chi connectivity index (χ2v) is 7.81. The highest BCUT2D eigenvalue weighted by Gasteiger charge is 2.29. The van der Waals surface area contributed by atoms with Gasteiger partial charge in [0.2, 0.25) is 0 Å².